The molecule has 1 amide bonds. The highest BCUT2D eigenvalue weighted by Gasteiger charge is 2.15. The monoisotopic (exact) mass is 431 g/mol. The molecular weight excluding hydrogens is 405 g/mol. The van der Waals surface area contributed by atoms with E-state index in [2.05, 4.69) is 32.4 Å². The molecular formula is C16H26IN5O. The van der Waals surface area contributed by atoms with E-state index in [0.717, 1.165) is 31.3 Å². The Morgan fingerprint density at radius 2 is 2.09 bits per heavy atom. The van der Waals surface area contributed by atoms with Gasteiger partial charge in [0, 0.05) is 31.7 Å². The standard InChI is InChI=1S/C16H25N5O.HI/c1-3-17-16(21-11-4-5-12-21)18-10-9-15(22)20-14-8-6-7-13(2)19-14;/h6-8H,3-5,9-12H2,1-2H3,(H,17,18)(H,19,20,22);1H. The van der Waals surface area contributed by atoms with E-state index in [0.29, 0.717) is 18.8 Å². The maximum Gasteiger partial charge on any atom is 0.227 e. The normalized spacial score (nSPS) is 14.3. The molecule has 0 aromatic carbocycles. The van der Waals surface area contributed by atoms with Gasteiger partial charge in [0.25, 0.3) is 0 Å². The first kappa shape index (κ1) is 19.7. The fourth-order valence-electron chi connectivity index (χ4n) is 2.44. The van der Waals surface area contributed by atoms with E-state index in [9.17, 15) is 4.79 Å². The lowest BCUT2D eigenvalue weighted by molar-refractivity contribution is -0.116. The number of aliphatic imine (C=N–C) groups is 1. The van der Waals surface area contributed by atoms with Gasteiger partial charge in [-0.3, -0.25) is 9.79 Å². The van der Waals surface area contributed by atoms with Crippen molar-refractivity contribution in [2.45, 2.75) is 33.1 Å². The first-order valence-electron chi connectivity index (χ1n) is 7.96. The third-order valence-corrected chi connectivity index (χ3v) is 3.50. The maximum atomic E-state index is 11.9. The fourth-order valence-corrected chi connectivity index (χ4v) is 2.44. The first-order valence-corrected chi connectivity index (χ1v) is 7.96. The zero-order valence-corrected chi connectivity index (χ0v) is 16.2. The summed E-state index contributed by atoms with van der Waals surface area (Å²) in [6.07, 6.45) is 2.78. The van der Waals surface area contributed by atoms with Gasteiger partial charge in [0.1, 0.15) is 5.82 Å². The summed E-state index contributed by atoms with van der Waals surface area (Å²) >= 11 is 0. The number of nitrogens with one attached hydrogen (secondary N) is 2. The number of aryl methyl sites for hydroxylation is 1. The van der Waals surface area contributed by atoms with Crippen LogP contribution >= 0.6 is 24.0 Å². The molecule has 6 nitrogen and oxygen atoms in total. The van der Waals surface area contributed by atoms with Crippen LogP contribution in [-0.4, -0.2) is 47.9 Å². The zero-order valence-electron chi connectivity index (χ0n) is 13.8. The molecule has 2 heterocycles. The lowest BCUT2D eigenvalue weighted by Crippen LogP contribution is -2.39. The van der Waals surface area contributed by atoms with Crippen molar-refractivity contribution in [3.63, 3.8) is 0 Å². The number of likely N-dealkylation sites (tertiary alicyclic amines) is 1. The second-order valence-corrected chi connectivity index (χ2v) is 5.39. The lowest BCUT2D eigenvalue weighted by atomic mass is 10.3. The minimum atomic E-state index is -0.0564. The molecule has 2 rings (SSSR count). The molecule has 0 unspecified atom stereocenters. The van der Waals surface area contributed by atoms with Crippen LogP contribution in [0.1, 0.15) is 31.9 Å². The van der Waals surface area contributed by atoms with E-state index in [4.69, 9.17) is 0 Å². The zero-order chi connectivity index (χ0) is 15.8. The van der Waals surface area contributed by atoms with Gasteiger partial charge in [-0.05, 0) is 38.8 Å². The summed E-state index contributed by atoms with van der Waals surface area (Å²) in [5.41, 5.74) is 0.888. The van der Waals surface area contributed by atoms with E-state index in [1.807, 2.05) is 19.1 Å². The number of carbonyl (C=O) groups excluding carboxylic acids is 1. The Morgan fingerprint density at radius 1 is 1.35 bits per heavy atom. The maximum absolute atomic E-state index is 11.9. The van der Waals surface area contributed by atoms with Gasteiger partial charge >= 0.3 is 0 Å². The number of anilines is 1. The van der Waals surface area contributed by atoms with Gasteiger partial charge < -0.3 is 15.5 Å². The van der Waals surface area contributed by atoms with Crippen LogP contribution in [0.25, 0.3) is 0 Å². The Labute approximate surface area is 155 Å². The number of nitrogens with zero attached hydrogens (tertiary/aromatic N) is 3. The minimum Gasteiger partial charge on any atom is -0.357 e. The molecule has 0 atom stereocenters. The van der Waals surface area contributed by atoms with E-state index < -0.39 is 0 Å². The molecule has 1 aromatic heterocycles. The Balaban J connectivity index is 0.00000264. The van der Waals surface area contributed by atoms with Crippen LogP contribution in [0.2, 0.25) is 0 Å². The molecule has 128 valence electrons. The number of guanidine groups is 1. The molecule has 0 radical (unpaired) electrons. The molecule has 1 aliphatic heterocycles. The Morgan fingerprint density at radius 3 is 2.74 bits per heavy atom. The van der Waals surface area contributed by atoms with Crippen molar-refractivity contribution in [2.75, 3.05) is 31.5 Å². The van der Waals surface area contributed by atoms with Crippen LogP contribution < -0.4 is 10.6 Å². The van der Waals surface area contributed by atoms with Crippen molar-refractivity contribution in [1.82, 2.24) is 15.2 Å². The Kier molecular flexibility index (Phi) is 8.90. The number of hydrogen-bond acceptors (Lipinski definition) is 3. The summed E-state index contributed by atoms with van der Waals surface area (Å²) in [4.78, 5) is 23.0. The number of amides is 1. The van der Waals surface area contributed by atoms with Crippen LogP contribution in [-0.2, 0) is 4.79 Å². The van der Waals surface area contributed by atoms with Crippen molar-refractivity contribution < 1.29 is 4.79 Å². The second-order valence-electron chi connectivity index (χ2n) is 5.39. The fraction of sp³-hybridized carbons (Fsp3) is 0.562. The first-order chi connectivity index (χ1) is 10.7. The van der Waals surface area contributed by atoms with Gasteiger partial charge in [-0.15, -0.1) is 24.0 Å². The number of aromatic nitrogens is 1. The number of pyridine rings is 1. The molecule has 0 bridgehead atoms. The van der Waals surface area contributed by atoms with Crippen LogP contribution in [0.4, 0.5) is 5.82 Å². The highest BCUT2D eigenvalue weighted by Crippen LogP contribution is 2.08. The van der Waals surface area contributed by atoms with E-state index in [1.54, 1.807) is 6.07 Å². The van der Waals surface area contributed by atoms with Gasteiger partial charge in [0.05, 0.1) is 6.54 Å². The number of hydrogen-bond donors (Lipinski definition) is 2. The van der Waals surface area contributed by atoms with Gasteiger partial charge in [-0.25, -0.2) is 4.98 Å². The highest BCUT2D eigenvalue weighted by atomic mass is 127. The summed E-state index contributed by atoms with van der Waals surface area (Å²) in [6.45, 7) is 7.38. The lowest BCUT2D eigenvalue weighted by Gasteiger charge is -2.20. The van der Waals surface area contributed by atoms with Crippen LogP contribution in [0.3, 0.4) is 0 Å². The highest BCUT2D eigenvalue weighted by molar-refractivity contribution is 14.0. The van der Waals surface area contributed by atoms with Crippen LogP contribution in [0.5, 0.6) is 0 Å². The molecule has 0 spiro atoms. The van der Waals surface area contributed by atoms with Crippen molar-refractivity contribution >= 4 is 41.7 Å². The van der Waals surface area contributed by atoms with Gasteiger partial charge in [-0.1, -0.05) is 6.07 Å². The number of carbonyl (C=O) groups is 1. The van der Waals surface area contributed by atoms with Crippen molar-refractivity contribution in [3.05, 3.63) is 23.9 Å². The van der Waals surface area contributed by atoms with Crippen LogP contribution in [0.15, 0.2) is 23.2 Å². The molecule has 0 aliphatic carbocycles. The summed E-state index contributed by atoms with van der Waals surface area (Å²) in [5, 5.41) is 6.09. The Bertz CT molecular complexity index is 529. The molecule has 1 aliphatic rings. The molecule has 1 aromatic rings. The van der Waals surface area contributed by atoms with Gasteiger partial charge in [-0.2, -0.15) is 0 Å². The molecule has 1 fully saturated rings. The number of rotatable bonds is 5. The SMILES string of the molecule is CCNC(=NCCC(=O)Nc1cccc(C)n1)N1CCCC1.I. The molecule has 7 heteroatoms. The average molecular weight is 431 g/mol. The van der Waals surface area contributed by atoms with Gasteiger partial charge in [0.2, 0.25) is 5.91 Å². The second kappa shape index (κ2) is 10.4. The Hall–Kier alpha value is -1.38. The summed E-state index contributed by atoms with van der Waals surface area (Å²) < 4.78 is 0. The topological polar surface area (TPSA) is 69.6 Å². The third kappa shape index (κ3) is 6.72. The summed E-state index contributed by atoms with van der Waals surface area (Å²) in [5.74, 6) is 1.46. The summed E-state index contributed by atoms with van der Waals surface area (Å²) in [6, 6.07) is 5.58. The smallest absolute Gasteiger partial charge is 0.227 e. The summed E-state index contributed by atoms with van der Waals surface area (Å²) in [7, 11) is 0. The number of halogens is 1. The van der Waals surface area contributed by atoms with Gasteiger partial charge in [0.15, 0.2) is 5.96 Å². The largest absolute Gasteiger partial charge is 0.357 e. The van der Waals surface area contributed by atoms with Crippen molar-refractivity contribution in [3.8, 4) is 0 Å². The van der Waals surface area contributed by atoms with Crippen molar-refractivity contribution in [1.29, 1.82) is 0 Å². The van der Waals surface area contributed by atoms with Crippen LogP contribution in [0, 0.1) is 6.92 Å². The van der Waals surface area contributed by atoms with E-state index in [-0.39, 0.29) is 29.9 Å². The van der Waals surface area contributed by atoms with Crippen molar-refractivity contribution in [2.24, 2.45) is 4.99 Å². The molecule has 23 heavy (non-hydrogen) atoms. The minimum absolute atomic E-state index is 0. The predicted molar refractivity (Wildman–Crippen MR) is 104 cm³/mol. The molecule has 0 saturated carbocycles. The van der Waals surface area contributed by atoms with E-state index >= 15 is 0 Å². The molecule has 2 N–H and O–H groups in total. The third-order valence-electron chi connectivity index (χ3n) is 3.50. The molecule has 1 saturated heterocycles. The van der Waals surface area contributed by atoms with E-state index in [1.165, 1.54) is 12.8 Å². The predicted octanol–water partition coefficient (Wildman–Crippen LogP) is 2.40. The quantitative estimate of drug-likeness (QED) is 0.427. The average Bonchev–Trinajstić information content (AvgIpc) is 3.00.